The van der Waals surface area contributed by atoms with Crippen molar-refractivity contribution in [3.63, 3.8) is 0 Å². The van der Waals surface area contributed by atoms with Crippen molar-refractivity contribution < 1.29 is 4.79 Å². The summed E-state index contributed by atoms with van der Waals surface area (Å²) in [5.74, 6) is 1.83. The molecule has 2 aromatic heterocycles. The van der Waals surface area contributed by atoms with Crippen molar-refractivity contribution in [3.8, 4) is 11.4 Å². The second-order valence-corrected chi connectivity index (χ2v) is 6.66. The van der Waals surface area contributed by atoms with Gasteiger partial charge in [0.25, 0.3) is 0 Å². The summed E-state index contributed by atoms with van der Waals surface area (Å²) in [6.45, 7) is 3.94. The Morgan fingerprint density at radius 2 is 1.92 bits per heavy atom. The molecule has 1 aliphatic rings. The van der Waals surface area contributed by atoms with Crippen molar-refractivity contribution in [2.75, 3.05) is 13.1 Å². The monoisotopic (exact) mass is 350 g/mol. The van der Waals surface area contributed by atoms with Gasteiger partial charge in [-0.1, -0.05) is 30.3 Å². The molecule has 3 heterocycles. The number of carbonyl (C=O) groups excluding carboxylic acids is 1. The Morgan fingerprint density at radius 1 is 1.12 bits per heavy atom. The lowest BCUT2D eigenvalue weighted by Gasteiger charge is -2.19. The molecule has 134 valence electrons. The van der Waals surface area contributed by atoms with Gasteiger partial charge in [-0.2, -0.15) is 10.2 Å². The Bertz CT molecular complexity index is 901. The van der Waals surface area contributed by atoms with Gasteiger partial charge in [0.2, 0.25) is 5.91 Å². The number of rotatable bonds is 3. The van der Waals surface area contributed by atoms with Crippen LogP contribution in [0.1, 0.15) is 17.1 Å². The molecule has 0 atom stereocenters. The molecule has 0 saturated heterocycles. The molecule has 4 rings (SSSR count). The van der Waals surface area contributed by atoms with Crippen molar-refractivity contribution in [2.24, 2.45) is 7.05 Å². The van der Waals surface area contributed by atoms with Crippen molar-refractivity contribution in [2.45, 2.75) is 26.3 Å². The molecular formula is C19H22N6O. The molecular weight excluding hydrogens is 328 g/mol. The van der Waals surface area contributed by atoms with Gasteiger partial charge in [-0.15, -0.1) is 0 Å². The number of benzene rings is 1. The largest absolute Gasteiger partial charge is 0.340 e. The fourth-order valence-corrected chi connectivity index (χ4v) is 3.36. The SMILES string of the molecule is Cc1nn(C)cc1CC(=O)N1CCc2nc(-c3ccccc3)nn2CC1. The Kier molecular flexibility index (Phi) is 4.28. The van der Waals surface area contributed by atoms with Crippen LogP contribution in [0.2, 0.25) is 0 Å². The van der Waals surface area contributed by atoms with Crippen LogP contribution in [0.5, 0.6) is 0 Å². The van der Waals surface area contributed by atoms with Crippen LogP contribution in [-0.2, 0) is 31.2 Å². The summed E-state index contributed by atoms with van der Waals surface area (Å²) in [4.78, 5) is 19.3. The molecule has 3 aromatic rings. The molecule has 1 aromatic carbocycles. The highest BCUT2D eigenvalue weighted by molar-refractivity contribution is 5.79. The topological polar surface area (TPSA) is 68.8 Å². The Morgan fingerprint density at radius 3 is 2.65 bits per heavy atom. The van der Waals surface area contributed by atoms with E-state index < -0.39 is 0 Å². The van der Waals surface area contributed by atoms with Gasteiger partial charge >= 0.3 is 0 Å². The van der Waals surface area contributed by atoms with E-state index in [9.17, 15) is 4.79 Å². The first-order valence-electron chi connectivity index (χ1n) is 8.86. The molecule has 0 spiro atoms. The maximum atomic E-state index is 12.7. The van der Waals surface area contributed by atoms with E-state index in [2.05, 4.69) is 15.2 Å². The summed E-state index contributed by atoms with van der Waals surface area (Å²) < 4.78 is 3.69. The van der Waals surface area contributed by atoms with Gasteiger partial charge in [0.15, 0.2) is 5.82 Å². The van der Waals surface area contributed by atoms with Crippen molar-refractivity contribution in [1.29, 1.82) is 0 Å². The average Bonchev–Trinajstić information content (AvgIpc) is 3.12. The smallest absolute Gasteiger partial charge is 0.227 e. The third kappa shape index (κ3) is 3.24. The summed E-state index contributed by atoms with van der Waals surface area (Å²) in [6.07, 6.45) is 3.03. The lowest BCUT2D eigenvalue weighted by Crippen LogP contribution is -2.35. The van der Waals surface area contributed by atoms with Crippen LogP contribution in [0.15, 0.2) is 36.5 Å². The zero-order valence-corrected chi connectivity index (χ0v) is 15.1. The van der Waals surface area contributed by atoms with Crippen LogP contribution in [0.25, 0.3) is 11.4 Å². The summed E-state index contributed by atoms with van der Waals surface area (Å²) in [6, 6.07) is 9.99. The molecule has 0 fully saturated rings. The number of amides is 1. The average molecular weight is 350 g/mol. The van der Waals surface area contributed by atoms with Gasteiger partial charge in [-0.05, 0) is 6.92 Å². The van der Waals surface area contributed by atoms with Gasteiger partial charge in [0.1, 0.15) is 5.82 Å². The number of aryl methyl sites for hydroxylation is 2. The van der Waals surface area contributed by atoms with E-state index in [0.717, 1.165) is 34.9 Å². The number of hydrogen-bond donors (Lipinski definition) is 0. The number of carbonyl (C=O) groups is 1. The zero-order valence-electron chi connectivity index (χ0n) is 15.1. The highest BCUT2D eigenvalue weighted by atomic mass is 16.2. The van der Waals surface area contributed by atoms with E-state index in [1.54, 1.807) is 4.68 Å². The van der Waals surface area contributed by atoms with Crippen LogP contribution in [0.3, 0.4) is 0 Å². The minimum atomic E-state index is 0.134. The predicted molar refractivity (Wildman–Crippen MR) is 97.4 cm³/mol. The molecule has 0 bridgehead atoms. The summed E-state index contributed by atoms with van der Waals surface area (Å²) in [5.41, 5.74) is 2.93. The second kappa shape index (κ2) is 6.74. The van der Waals surface area contributed by atoms with Crippen LogP contribution in [0, 0.1) is 6.92 Å². The first-order valence-corrected chi connectivity index (χ1v) is 8.86. The molecule has 0 unspecified atom stereocenters. The van der Waals surface area contributed by atoms with Crippen molar-refractivity contribution >= 4 is 5.91 Å². The number of fused-ring (bicyclic) bond motifs is 1. The Hall–Kier alpha value is -2.96. The molecule has 0 N–H and O–H groups in total. The van der Waals surface area contributed by atoms with Crippen LogP contribution < -0.4 is 0 Å². The number of aromatic nitrogens is 5. The van der Waals surface area contributed by atoms with Crippen molar-refractivity contribution in [3.05, 3.63) is 53.6 Å². The normalized spacial score (nSPS) is 14.2. The quantitative estimate of drug-likeness (QED) is 0.720. The summed E-state index contributed by atoms with van der Waals surface area (Å²) in [5, 5.41) is 8.94. The van der Waals surface area contributed by atoms with Crippen molar-refractivity contribution in [1.82, 2.24) is 29.4 Å². The molecule has 1 amide bonds. The lowest BCUT2D eigenvalue weighted by molar-refractivity contribution is -0.130. The van der Waals surface area contributed by atoms with E-state index in [-0.39, 0.29) is 5.91 Å². The van der Waals surface area contributed by atoms with Gasteiger partial charge < -0.3 is 4.90 Å². The fraction of sp³-hybridized carbons (Fsp3) is 0.368. The first kappa shape index (κ1) is 16.5. The Labute approximate surface area is 152 Å². The maximum absolute atomic E-state index is 12.7. The predicted octanol–water partition coefficient (Wildman–Crippen LogP) is 1.61. The molecule has 7 nitrogen and oxygen atoms in total. The van der Waals surface area contributed by atoms with E-state index in [1.807, 2.05) is 60.1 Å². The Balaban J connectivity index is 1.44. The maximum Gasteiger partial charge on any atom is 0.227 e. The van der Waals surface area contributed by atoms with Crippen LogP contribution >= 0.6 is 0 Å². The molecule has 0 aliphatic carbocycles. The number of hydrogen-bond acceptors (Lipinski definition) is 4. The fourth-order valence-electron chi connectivity index (χ4n) is 3.36. The van der Waals surface area contributed by atoms with Crippen LogP contribution in [-0.4, -0.2) is 48.4 Å². The van der Waals surface area contributed by atoms with E-state index in [1.165, 1.54) is 0 Å². The summed E-state index contributed by atoms with van der Waals surface area (Å²) in [7, 11) is 1.88. The molecule has 7 heteroatoms. The van der Waals surface area contributed by atoms with E-state index >= 15 is 0 Å². The third-order valence-corrected chi connectivity index (χ3v) is 4.78. The standard InChI is InChI=1S/C19H22N6O/c1-14-16(13-23(2)21-14)12-18(26)24-9-8-17-20-19(22-25(17)11-10-24)15-6-4-3-5-7-15/h3-7,13H,8-12H2,1-2H3. The molecule has 1 aliphatic heterocycles. The molecule has 26 heavy (non-hydrogen) atoms. The zero-order chi connectivity index (χ0) is 18.1. The highest BCUT2D eigenvalue weighted by Gasteiger charge is 2.22. The molecule has 0 radical (unpaired) electrons. The van der Waals surface area contributed by atoms with E-state index in [0.29, 0.717) is 26.1 Å². The minimum absolute atomic E-state index is 0.134. The highest BCUT2D eigenvalue weighted by Crippen LogP contribution is 2.17. The number of nitrogens with zero attached hydrogens (tertiary/aromatic N) is 6. The first-order chi connectivity index (χ1) is 12.6. The third-order valence-electron chi connectivity index (χ3n) is 4.78. The van der Waals surface area contributed by atoms with Crippen LogP contribution in [0.4, 0.5) is 0 Å². The lowest BCUT2D eigenvalue weighted by atomic mass is 10.1. The second-order valence-electron chi connectivity index (χ2n) is 6.66. The summed E-state index contributed by atoms with van der Waals surface area (Å²) >= 11 is 0. The van der Waals surface area contributed by atoms with Gasteiger partial charge in [0, 0.05) is 43.9 Å². The minimum Gasteiger partial charge on any atom is -0.340 e. The van der Waals surface area contributed by atoms with Gasteiger partial charge in [-0.25, -0.2) is 9.67 Å². The van der Waals surface area contributed by atoms with Gasteiger partial charge in [0.05, 0.1) is 18.7 Å². The van der Waals surface area contributed by atoms with Gasteiger partial charge in [-0.3, -0.25) is 9.48 Å². The molecule has 0 saturated carbocycles. The van der Waals surface area contributed by atoms with E-state index in [4.69, 9.17) is 0 Å².